The van der Waals surface area contributed by atoms with Gasteiger partial charge in [-0.2, -0.15) is 5.10 Å². The third kappa shape index (κ3) is 3.70. The first kappa shape index (κ1) is 16.6. The molecule has 2 aromatic carbocycles. The smallest absolute Gasteiger partial charge is 0.162 e. The standard InChI is InChI=1S/C20H18N4OS/c1-24-19-18(11-23-24)20(22-14-21-19)26-13-16-8-5-9-17(10-16)25-12-15-6-3-2-4-7-15/h2-11,14H,12-13H2,1H3. The van der Waals surface area contributed by atoms with Crippen molar-refractivity contribution in [3.05, 3.63) is 78.2 Å². The van der Waals surface area contributed by atoms with Gasteiger partial charge in [0.1, 0.15) is 23.7 Å². The van der Waals surface area contributed by atoms with Crippen molar-refractivity contribution in [3.8, 4) is 5.75 Å². The maximum Gasteiger partial charge on any atom is 0.162 e. The first-order valence-corrected chi connectivity index (χ1v) is 9.29. The number of benzene rings is 2. The van der Waals surface area contributed by atoms with Gasteiger partial charge < -0.3 is 4.74 Å². The number of hydrogen-bond acceptors (Lipinski definition) is 5. The molecule has 2 aromatic heterocycles. The highest BCUT2D eigenvalue weighted by Gasteiger charge is 2.08. The zero-order valence-corrected chi connectivity index (χ0v) is 15.2. The lowest BCUT2D eigenvalue weighted by Crippen LogP contribution is -1.95. The molecular formula is C20H18N4OS. The Hall–Kier alpha value is -2.86. The Morgan fingerprint density at radius 2 is 1.85 bits per heavy atom. The molecule has 0 aliphatic heterocycles. The molecule has 130 valence electrons. The quantitative estimate of drug-likeness (QED) is 0.379. The summed E-state index contributed by atoms with van der Waals surface area (Å²) in [4.78, 5) is 8.68. The number of aryl methyl sites for hydroxylation is 1. The van der Waals surface area contributed by atoms with Crippen molar-refractivity contribution < 1.29 is 4.74 Å². The molecule has 0 N–H and O–H groups in total. The van der Waals surface area contributed by atoms with Gasteiger partial charge in [-0.1, -0.05) is 42.5 Å². The minimum absolute atomic E-state index is 0.569. The van der Waals surface area contributed by atoms with E-state index in [-0.39, 0.29) is 0 Å². The Balaban J connectivity index is 1.43. The number of ether oxygens (including phenoxy) is 1. The highest BCUT2D eigenvalue weighted by atomic mass is 32.2. The minimum Gasteiger partial charge on any atom is -0.489 e. The number of hydrogen-bond donors (Lipinski definition) is 0. The fourth-order valence-electron chi connectivity index (χ4n) is 2.67. The lowest BCUT2D eigenvalue weighted by molar-refractivity contribution is 0.306. The molecule has 0 aliphatic rings. The molecule has 0 saturated heterocycles. The normalized spacial score (nSPS) is 11.0. The van der Waals surface area contributed by atoms with E-state index < -0.39 is 0 Å². The Morgan fingerprint density at radius 3 is 2.73 bits per heavy atom. The molecule has 0 spiro atoms. The highest BCUT2D eigenvalue weighted by Crippen LogP contribution is 2.28. The van der Waals surface area contributed by atoms with Crippen LogP contribution in [0, 0.1) is 0 Å². The predicted octanol–water partition coefficient (Wildman–Crippen LogP) is 4.23. The average molecular weight is 362 g/mol. The van der Waals surface area contributed by atoms with Crippen molar-refractivity contribution in [1.82, 2.24) is 19.7 Å². The van der Waals surface area contributed by atoms with E-state index in [1.54, 1.807) is 22.8 Å². The van der Waals surface area contributed by atoms with Crippen LogP contribution in [0.5, 0.6) is 5.75 Å². The van der Waals surface area contributed by atoms with E-state index >= 15 is 0 Å². The van der Waals surface area contributed by atoms with Crippen molar-refractivity contribution >= 4 is 22.8 Å². The molecule has 5 nitrogen and oxygen atoms in total. The molecule has 0 atom stereocenters. The summed E-state index contributed by atoms with van der Waals surface area (Å²) in [5.74, 6) is 1.69. The Labute approximate surface area is 156 Å². The number of rotatable bonds is 6. The molecule has 0 unspecified atom stereocenters. The molecule has 4 rings (SSSR count). The van der Waals surface area contributed by atoms with Crippen LogP contribution in [0.25, 0.3) is 11.0 Å². The Bertz CT molecular complexity index is 1020. The predicted molar refractivity (Wildman–Crippen MR) is 103 cm³/mol. The topological polar surface area (TPSA) is 52.8 Å². The molecule has 0 fully saturated rings. The van der Waals surface area contributed by atoms with Crippen molar-refractivity contribution in [3.63, 3.8) is 0 Å². The van der Waals surface area contributed by atoms with Crippen LogP contribution < -0.4 is 4.74 Å². The molecule has 0 amide bonds. The van der Waals surface area contributed by atoms with Gasteiger partial charge in [-0.15, -0.1) is 11.8 Å². The van der Waals surface area contributed by atoms with E-state index in [9.17, 15) is 0 Å². The molecule has 0 bridgehead atoms. The van der Waals surface area contributed by atoms with Crippen molar-refractivity contribution in [1.29, 1.82) is 0 Å². The van der Waals surface area contributed by atoms with Gasteiger partial charge in [0.15, 0.2) is 5.65 Å². The molecule has 0 aliphatic carbocycles. The summed E-state index contributed by atoms with van der Waals surface area (Å²) in [5.41, 5.74) is 3.20. The summed E-state index contributed by atoms with van der Waals surface area (Å²) in [6.07, 6.45) is 3.41. The van der Waals surface area contributed by atoms with Crippen molar-refractivity contribution in [2.45, 2.75) is 17.4 Å². The van der Waals surface area contributed by atoms with Crippen LogP contribution in [-0.2, 0) is 19.4 Å². The average Bonchev–Trinajstić information content (AvgIpc) is 3.08. The summed E-state index contributed by atoms with van der Waals surface area (Å²) in [5, 5.41) is 6.19. The lowest BCUT2D eigenvalue weighted by atomic mass is 10.2. The minimum atomic E-state index is 0.569. The summed E-state index contributed by atoms with van der Waals surface area (Å²) in [7, 11) is 1.89. The fourth-order valence-corrected chi connectivity index (χ4v) is 3.58. The maximum atomic E-state index is 5.91. The van der Waals surface area contributed by atoms with Crippen LogP contribution in [0.1, 0.15) is 11.1 Å². The van der Waals surface area contributed by atoms with Gasteiger partial charge >= 0.3 is 0 Å². The van der Waals surface area contributed by atoms with E-state index in [1.165, 1.54) is 5.56 Å². The van der Waals surface area contributed by atoms with Gasteiger partial charge in [-0.3, -0.25) is 4.68 Å². The van der Waals surface area contributed by atoms with Crippen LogP contribution in [0.15, 0.2) is 72.1 Å². The Kier molecular flexibility index (Phi) is 4.84. The Morgan fingerprint density at radius 1 is 1.00 bits per heavy atom. The molecule has 2 heterocycles. The zero-order chi connectivity index (χ0) is 17.8. The lowest BCUT2D eigenvalue weighted by Gasteiger charge is -2.08. The molecule has 0 saturated carbocycles. The van der Waals surface area contributed by atoms with Gasteiger partial charge in [0.25, 0.3) is 0 Å². The van der Waals surface area contributed by atoms with Gasteiger partial charge in [0.2, 0.25) is 0 Å². The van der Waals surface area contributed by atoms with Crippen molar-refractivity contribution in [2.75, 3.05) is 0 Å². The number of thioether (sulfide) groups is 1. The zero-order valence-electron chi connectivity index (χ0n) is 14.4. The first-order chi connectivity index (χ1) is 12.8. The fraction of sp³-hybridized carbons (Fsp3) is 0.150. The second-order valence-corrected chi connectivity index (χ2v) is 6.86. The summed E-state index contributed by atoms with van der Waals surface area (Å²) < 4.78 is 7.67. The van der Waals surface area contributed by atoms with Gasteiger partial charge in [0, 0.05) is 12.8 Å². The summed E-state index contributed by atoms with van der Waals surface area (Å²) in [6, 6.07) is 18.4. The molecule has 6 heteroatoms. The van der Waals surface area contributed by atoms with Gasteiger partial charge in [-0.05, 0) is 23.3 Å². The van der Waals surface area contributed by atoms with E-state index in [0.29, 0.717) is 6.61 Å². The number of aromatic nitrogens is 4. The monoisotopic (exact) mass is 362 g/mol. The van der Waals surface area contributed by atoms with Crippen molar-refractivity contribution in [2.24, 2.45) is 7.05 Å². The molecule has 0 radical (unpaired) electrons. The summed E-state index contributed by atoms with van der Waals surface area (Å²) >= 11 is 1.68. The van der Waals surface area contributed by atoms with E-state index in [0.717, 1.165) is 33.1 Å². The maximum absolute atomic E-state index is 5.91. The van der Waals surface area contributed by atoms with Crippen LogP contribution in [0.2, 0.25) is 0 Å². The third-order valence-electron chi connectivity index (χ3n) is 4.02. The molecule has 26 heavy (non-hydrogen) atoms. The van der Waals surface area contributed by atoms with E-state index in [4.69, 9.17) is 4.74 Å². The van der Waals surface area contributed by atoms with Crippen LogP contribution >= 0.6 is 11.8 Å². The van der Waals surface area contributed by atoms with E-state index in [1.807, 2.05) is 43.6 Å². The van der Waals surface area contributed by atoms with Crippen LogP contribution in [0.3, 0.4) is 0 Å². The molecular weight excluding hydrogens is 344 g/mol. The SMILES string of the molecule is Cn1ncc2c(SCc3cccc(OCc4ccccc4)c3)ncnc21. The van der Waals surface area contributed by atoms with Gasteiger partial charge in [-0.25, -0.2) is 9.97 Å². The highest BCUT2D eigenvalue weighted by molar-refractivity contribution is 7.98. The molecule has 4 aromatic rings. The van der Waals surface area contributed by atoms with Gasteiger partial charge in [0.05, 0.1) is 11.6 Å². The first-order valence-electron chi connectivity index (χ1n) is 8.31. The number of nitrogens with zero attached hydrogens (tertiary/aromatic N) is 4. The number of fused-ring (bicyclic) bond motifs is 1. The second-order valence-electron chi connectivity index (χ2n) is 5.89. The third-order valence-corrected chi connectivity index (χ3v) is 5.09. The van der Waals surface area contributed by atoms with Crippen LogP contribution in [0.4, 0.5) is 0 Å². The van der Waals surface area contributed by atoms with E-state index in [2.05, 4.69) is 39.3 Å². The summed E-state index contributed by atoms with van der Waals surface area (Å²) in [6.45, 7) is 0.569. The largest absolute Gasteiger partial charge is 0.489 e. The van der Waals surface area contributed by atoms with Crippen LogP contribution in [-0.4, -0.2) is 19.7 Å². The second kappa shape index (κ2) is 7.58.